The molecular formula is C9H16O2. The molecule has 2 aliphatic rings. The summed E-state index contributed by atoms with van der Waals surface area (Å²) in [5, 5.41) is 9.08. The predicted molar refractivity (Wildman–Crippen MR) is 42.3 cm³/mol. The van der Waals surface area contributed by atoms with E-state index in [9.17, 15) is 0 Å². The average Bonchev–Trinajstić information content (AvgIpc) is 2.87. The van der Waals surface area contributed by atoms with Crippen molar-refractivity contribution in [1.82, 2.24) is 0 Å². The molecule has 0 aromatic heterocycles. The van der Waals surface area contributed by atoms with E-state index >= 15 is 0 Å². The third-order valence-corrected chi connectivity index (χ3v) is 3.04. The van der Waals surface area contributed by atoms with Gasteiger partial charge < -0.3 is 9.84 Å². The highest BCUT2D eigenvalue weighted by atomic mass is 16.6. The second-order valence-corrected chi connectivity index (χ2v) is 3.76. The van der Waals surface area contributed by atoms with Crippen molar-refractivity contribution in [3.05, 3.63) is 0 Å². The van der Waals surface area contributed by atoms with Crippen LogP contribution < -0.4 is 0 Å². The van der Waals surface area contributed by atoms with Crippen molar-refractivity contribution in [1.29, 1.82) is 0 Å². The van der Waals surface area contributed by atoms with E-state index in [2.05, 4.69) is 0 Å². The van der Waals surface area contributed by atoms with Crippen LogP contribution in [-0.2, 0) is 4.74 Å². The Balaban J connectivity index is 1.91. The van der Waals surface area contributed by atoms with Gasteiger partial charge in [-0.05, 0) is 24.7 Å². The van der Waals surface area contributed by atoms with Crippen LogP contribution in [0.5, 0.6) is 0 Å². The molecule has 0 bridgehead atoms. The third kappa shape index (κ3) is 1.57. The molecule has 0 amide bonds. The zero-order valence-corrected chi connectivity index (χ0v) is 6.83. The van der Waals surface area contributed by atoms with Crippen LogP contribution in [0.25, 0.3) is 0 Å². The Morgan fingerprint density at radius 1 is 1.27 bits per heavy atom. The molecular weight excluding hydrogens is 140 g/mol. The molecule has 2 rings (SSSR count). The number of ether oxygens (including phenoxy) is 1. The summed E-state index contributed by atoms with van der Waals surface area (Å²) in [4.78, 5) is 0. The first-order valence-electron chi connectivity index (χ1n) is 4.64. The molecule has 1 aliphatic carbocycles. The van der Waals surface area contributed by atoms with Crippen molar-refractivity contribution >= 4 is 0 Å². The first kappa shape index (κ1) is 7.56. The fourth-order valence-corrected chi connectivity index (χ4v) is 2.26. The van der Waals surface area contributed by atoms with Crippen molar-refractivity contribution in [3.63, 3.8) is 0 Å². The SMILES string of the molecule is OCC1CCCCC1C1CO1. The summed E-state index contributed by atoms with van der Waals surface area (Å²) < 4.78 is 5.27. The summed E-state index contributed by atoms with van der Waals surface area (Å²) in [6.07, 6.45) is 5.62. The highest BCUT2D eigenvalue weighted by Crippen LogP contribution is 2.37. The summed E-state index contributed by atoms with van der Waals surface area (Å²) in [6, 6.07) is 0. The lowest BCUT2D eigenvalue weighted by Crippen LogP contribution is -2.26. The number of epoxide rings is 1. The van der Waals surface area contributed by atoms with Crippen LogP contribution in [0.4, 0.5) is 0 Å². The van der Waals surface area contributed by atoms with E-state index < -0.39 is 0 Å². The van der Waals surface area contributed by atoms with Crippen LogP contribution in [-0.4, -0.2) is 24.4 Å². The van der Waals surface area contributed by atoms with Gasteiger partial charge in [0, 0.05) is 6.61 Å². The van der Waals surface area contributed by atoms with Gasteiger partial charge in [-0.1, -0.05) is 12.8 Å². The van der Waals surface area contributed by atoms with Crippen LogP contribution in [0.1, 0.15) is 25.7 Å². The highest BCUT2D eigenvalue weighted by molar-refractivity contribution is 4.86. The van der Waals surface area contributed by atoms with Gasteiger partial charge >= 0.3 is 0 Å². The van der Waals surface area contributed by atoms with Gasteiger partial charge in [0.2, 0.25) is 0 Å². The number of aliphatic hydroxyl groups is 1. The van der Waals surface area contributed by atoms with E-state index in [0.29, 0.717) is 24.5 Å². The molecule has 0 radical (unpaired) electrons. The van der Waals surface area contributed by atoms with Crippen molar-refractivity contribution in [2.75, 3.05) is 13.2 Å². The molecule has 1 saturated carbocycles. The molecule has 1 aliphatic heterocycles. The summed E-state index contributed by atoms with van der Waals surface area (Å²) in [7, 11) is 0. The third-order valence-electron chi connectivity index (χ3n) is 3.04. The van der Waals surface area contributed by atoms with Gasteiger partial charge in [0.15, 0.2) is 0 Å². The van der Waals surface area contributed by atoms with Gasteiger partial charge in [0.05, 0.1) is 12.7 Å². The van der Waals surface area contributed by atoms with Crippen molar-refractivity contribution in [2.45, 2.75) is 31.8 Å². The molecule has 0 aromatic rings. The maximum absolute atomic E-state index is 9.08. The van der Waals surface area contributed by atoms with Gasteiger partial charge in [0.25, 0.3) is 0 Å². The fraction of sp³-hybridized carbons (Fsp3) is 1.00. The molecule has 2 nitrogen and oxygen atoms in total. The molecule has 1 N–H and O–H groups in total. The Kier molecular flexibility index (Phi) is 2.14. The van der Waals surface area contributed by atoms with E-state index in [0.717, 1.165) is 6.61 Å². The second-order valence-electron chi connectivity index (χ2n) is 3.76. The Morgan fingerprint density at radius 3 is 2.64 bits per heavy atom. The smallest absolute Gasteiger partial charge is 0.0841 e. The summed E-state index contributed by atoms with van der Waals surface area (Å²) in [6.45, 7) is 1.31. The van der Waals surface area contributed by atoms with Crippen LogP contribution in [0, 0.1) is 11.8 Å². The maximum atomic E-state index is 9.08. The number of aliphatic hydroxyl groups excluding tert-OH is 1. The molecule has 0 spiro atoms. The van der Waals surface area contributed by atoms with Gasteiger partial charge in [-0.2, -0.15) is 0 Å². The summed E-state index contributed by atoms with van der Waals surface area (Å²) in [5.41, 5.74) is 0. The first-order valence-corrected chi connectivity index (χ1v) is 4.64. The van der Waals surface area contributed by atoms with E-state index in [4.69, 9.17) is 9.84 Å². The second kappa shape index (κ2) is 3.11. The van der Waals surface area contributed by atoms with Crippen LogP contribution in [0.2, 0.25) is 0 Å². The molecule has 11 heavy (non-hydrogen) atoms. The van der Waals surface area contributed by atoms with E-state index in [1.54, 1.807) is 0 Å². The minimum absolute atomic E-state index is 0.366. The normalized spacial score (nSPS) is 43.9. The van der Waals surface area contributed by atoms with Crippen LogP contribution in [0.3, 0.4) is 0 Å². The van der Waals surface area contributed by atoms with Crippen molar-refractivity contribution < 1.29 is 9.84 Å². The quantitative estimate of drug-likeness (QED) is 0.609. The standard InChI is InChI=1S/C9H16O2/c10-5-7-3-1-2-4-8(7)9-6-11-9/h7-10H,1-6H2. The number of hydrogen-bond donors (Lipinski definition) is 1. The molecule has 1 heterocycles. The lowest BCUT2D eigenvalue weighted by Gasteiger charge is -2.28. The first-order chi connectivity index (χ1) is 5.42. The Morgan fingerprint density at radius 2 is 2.00 bits per heavy atom. The lowest BCUT2D eigenvalue weighted by molar-refractivity contribution is 0.113. The average molecular weight is 156 g/mol. The number of hydrogen-bond acceptors (Lipinski definition) is 2. The Bertz CT molecular complexity index is 132. The molecule has 3 unspecified atom stereocenters. The fourth-order valence-electron chi connectivity index (χ4n) is 2.26. The highest BCUT2D eigenvalue weighted by Gasteiger charge is 2.38. The van der Waals surface area contributed by atoms with E-state index in [1.165, 1.54) is 25.7 Å². The molecule has 3 atom stereocenters. The van der Waals surface area contributed by atoms with E-state index in [1.807, 2.05) is 0 Å². The largest absolute Gasteiger partial charge is 0.396 e. The van der Waals surface area contributed by atoms with Gasteiger partial charge in [0.1, 0.15) is 0 Å². The zero-order valence-electron chi connectivity index (χ0n) is 6.83. The summed E-state index contributed by atoms with van der Waals surface area (Å²) >= 11 is 0. The minimum atomic E-state index is 0.366. The molecule has 2 heteroatoms. The van der Waals surface area contributed by atoms with E-state index in [-0.39, 0.29) is 0 Å². The zero-order chi connectivity index (χ0) is 7.68. The van der Waals surface area contributed by atoms with Gasteiger partial charge in [-0.3, -0.25) is 0 Å². The Labute approximate surface area is 67.6 Å². The number of rotatable bonds is 2. The van der Waals surface area contributed by atoms with Crippen LogP contribution >= 0.6 is 0 Å². The van der Waals surface area contributed by atoms with Gasteiger partial charge in [-0.25, -0.2) is 0 Å². The van der Waals surface area contributed by atoms with Gasteiger partial charge in [-0.15, -0.1) is 0 Å². The maximum Gasteiger partial charge on any atom is 0.0841 e. The monoisotopic (exact) mass is 156 g/mol. The predicted octanol–water partition coefficient (Wildman–Crippen LogP) is 1.18. The molecule has 2 fully saturated rings. The van der Waals surface area contributed by atoms with Crippen LogP contribution in [0.15, 0.2) is 0 Å². The topological polar surface area (TPSA) is 32.8 Å². The summed E-state index contributed by atoms with van der Waals surface area (Å²) in [5.74, 6) is 1.21. The molecule has 64 valence electrons. The molecule has 1 saturated heterocycles. The van der Waals surface area contributed by atoms with Crippen molar-refractivity contribution in [3.8, 4) is 0 Å². The Hall–Kier alpha value is -0.0800. The minimum Gasteiger partial charge on any atom is -0.396 e. The van der Waals surface area contributed by atoms with Crippen molar-refractivity contribution in [2.24, 2.45) is 11.8 Å². The lowest BCUT2D eigenvalue weighted by atomic mass is 9.78. The molecule has 0 aromatic carbocycles.